The number of pyridine rings is 1. The molecule has 25 heavy (non-hydrogen) atoms. The summed E-state index contributed by atoms with van der Waals surface area (Å²) in [5, 5.41) is 2.77. The largest absolute Gasteiger partial charge is 0.417 e. The van der Waals surface area contributed by atoms with Crippen LogP contribution in [-0.2, 0) is 12.6 Å². The van der Waals surface area contributed by atoms with Gasteiger partial charge >= 0.3 is 6.18 Å². The number of nitrogens with zero attached hydrogens (tertiary/aromatic N) is 2. The Balaban J connectivity index is 1.97. The van der Waals surface area contributed by atoms with Crippen molar-refractivity contribution < 1.29 is 17.6 Å². The molecule has 2 aromatic heterocycles. The zero-order valence-electron chi connectivity index (χ0n) is 13.1. The third-order valence-electron chi connectivity index (χ3n) is 3.82. The molecule has 8 heteroatoms. The number of aromatic amines is 1. The molecule has 0 unspecified atom stereocenters. The third kappa shape index (κ3) is 3.33. The first-order chi connectivity index (χ1) is 11.8. The molecule has 0 saturated carbocycles. The summed E-state index contributed by atoms with van der Waals surface area (Å²) in [5.74, 6) is -0.400. The van der Waals surface area contributed by atoms with Crippen LogP contribution in [0.25, 0.3) is 5.82 Å². The number of H-pyrrole nitrogens is 1. The molecule has 0 aliphatic carbocycles. The van der Waals surface area contributed by atoms with Gasteiger partial charge in [-0.25, -0.2) is 14.1 Å². The smallest absolute Gasteiger partial charge is 0.294 e. The molecule has 0 fully saturated rings. The summed E-state index contributed by atoms with van der Waals surface area (Å²) in [6.45, 7) is 1.64. The second kappa shape index (κ2) is 6.19. The van der Waals surface area contributed by atoms with Crippen LogP contribution in [0.15, 0.2) is 47.4 Å². The van der Waals surface area contributed by atoms with E-state index in [1.54, 1.807) is 25.1 Å². The lowest BCUT2D eigenvalue weighted by Gasteiger charge is -2.06. The van der Waals surface area contributed by atoms with Crippen LogP contribution in [-0.4, -0.2) is 14.8 Å². The van der Waals surface area contributed by atoms with Gasteiger partial charge in [-0.15, -0.1) is 0 Å². The zero-order valence-corrected chi connectivity index (χ0v) is 13.1. The number of hydrogen-bond donors (Lipinski definition) is 1. The maximum Gasteiger partial charge on any atom is 0.417 e. The van der Waals surface area contributed by atoms with Crippen LogP contribution in [0.4, 0.5) is 17.6 Å². The molecule has 3 aromatic rings. The first-order valence-corrected chi connectivity index (χ1v) is 7.35. The van der Waals surface area contributed by atoms with Crippen molar-refractivity contribution in [3.63, 3.8) is 0 Å². The molecule has 0 radical (unpaired) electrons. The Kier molecular flexibility index (Phi) is 4.20. The van der Waals surface area contributed by atoms with Crippen molar-refractivity contribution in [3.05, 3.63) is 81.2 Å². The summed E-state index contributed by atoms with van der Waals surface area (Å²) in [5.41, 5.74) is -0.205. The number of alkyl halides is 3. The Bertz CT molecular complexity index is 955. The van der Waals surface area contributed by atoms with Gasteiger partial charge < -0.3 is 0 Å². The zero-order chi connectivity index (χ0) is 18.2. The highest BCUT2D eigenvalue weighted by Crippen LogP contribution is 2.28. The minimum Gasteiger partial charge on any atom is -0.294 e. The molecule has 0 bridgehead atoms. The standard InChI is InChI=1S/C17H13F4N3O/c1-10-13(8-11-4-2-3-5-14(11)18)16(25)24(23-10)15-7-6-12(9-22-15)17(19,20)21/h2-7,9,23H,8H2,1H3. The quantitative estimate of drug-likeness (QED) is 0.733. The van der Waals surface area contributed by atoms with Crippen LogP contribution in [0.1, 0.15) is 22.4 Å². The number of hydrogen-bond acceptors (Lipinski definition) is 2. The fraction of sp³-hybridized carbons (Fsp3) is 0.176. The van der Waals surface area contributed by atoms with Gasteiger partial charge in [0.2, 0.25) is 0 Å². The highest BCUT2D eigenvalue weighted by atomic mass is 19.4. The second-order valence-electron chi connectivity index (χ2n) is 5.53. The number of benzene rings is 1. The summed E-state index contributed by atoms with van der Waals surface area (Å²) in [7, 11) is 0. The van der Waals surface area contributed by atoms with Crippen LogP contribution in [0.5, 0.6) is 0 Å². The van der Waals surface area contributed by atoms with E-state index in [0.717, 1.165) is 16.8 Å². The summed E-state index contributed by atoms with van der Waals surface area (Å²) in [6, 6.07) is 8.04. The van der Waals surface area contributed by atoms with Gasteiger partial charge in [0.25, 0.3) is 5.56 Å². The molecule has 1 aromatic carbocycles. The fourth-order valence-corrected chi connectivity index (χ4v) is 2.47. The SMILES string of the molecule is Cc1[nH]n(-c2ccc(C(F)(F)F)cn2)c(=O)c1Cc1ccccc1F. The maximum atomic E-state index is 13.8. The van der Waals surface area contributed by atoms with Gasteiger partial charge in [0.15, 0.2) is 5.82 Å². The van der Waals surface area contributed by atoms with Crippen LogP contribution in [0, 0.1) is 12.7 Å². The van der Waals surface area contributed by atoms with Crippen LogP contribution in [0.2, 0.25) is 0 Å². The molecule has 3 rings (SSSR count). The van der Waals surface area contributed by atoms with E-state index in [4.69, 9.17) is 0 Å². The second-order valence-corrected chi connectivity index (χ2v) is 5.53. The molecule has 4 nitrogen and oxygen atoms in total. The first-order valence-electron chi connectivity index (χ1n) is 7.35. The fourth-order valence-electron chi connectivity index (χ4n) is 2.47. The van der Waals surface area contributed by atoms with E-state index in [-0.39, 0.29) is 12.2 Å². The van der Waals surface area contributed by atoms with Crippen molar-refractivity contribution in [2.45, 2.75) is 19.5 Å². The monoisotopic (exact) mass is 351 g/mol. The molecule has 0 aliphatic rings. The number of nitrogens with one attached hydrogen (secondary N) is 1. The van der Waals surface area contributed by atoms with Crippen molar-refractivity contribution in [3.8, 4) is 5.82 Å². The van der Waals surface area contributed by atoms with Gasteiger partial charge in [0.05, 0.1) is 5.56 Å². The van der Waals surface area contributed by atoms with Crippen LogP contribution < -0.4 is 5.56 Å². The molecule has 0 atom stereocenters. The molecule has 0 saturated heterocycles. The van der Waals surface area contributed by atoms with Crippen molar-refractivity contribution in [1.82, 2.24) is 14.8 Å². The molecular weight excluding hydrogens is 338 g/mol. The Hall–Kier alpha value is -2.90. The minimum atomic E-state index is -4.50. The Morgan fingerprint density at radius 2 is 1.88 bits per heavy atom. The summed E-state index contributed by atoms with van der Waals surface area (Å²) in [6.07, 6.45) is -3.77. The average molecular weight is 351 g/mol. The van der Waals surface area contributed by atoms with Crippen LogP contribution >= 0.6 is 0 Å². The number of rotatable bonds is 3. The van der Waals surface area contributed by atoms with Gasteiger partial charge in [-0.2, -0.15) is 13.2 Å². The summed E-state index contributed by atoms with van der Waals surface area (Å²) >= 11 is 0. The van der Waals surface area contributed by atoms with Crippen molar-refractivity contribution in [2.75, 3.05) is 0 Å². The highest BCUT2D eigenvalue weighted by molar-refractivity contribution is 5.32. The van der Waals surface area contributed by atoms with Gasteiger partial charge in [0.1, 0.15) is 5.82 Å². The summed E-state index contributed by atoms with van der Waals surface area (Å²) in [4.78, 5) is 16.2. The lowest BCUT2D eigenvalue weighted by atomic mass is 10.1. The Labute approximate surface area is 139 Å². The topological polar surface area (TPSA) is 50.7 Å². The normalized spacial score (nSPS) is 11.7. The average Bonchev–Trinajstić information content (AvgIpc) is 2.84. The molecule has 0 spiro atoms. The number of aromatic nitrogens is 3. The van der Waals surface area contributed by atoms with E-state index in [0.29, 0.717) is 23.0 Å². The predicted molar refractivity (Wildman–Crippen MR) is 83.1 cm³/mol. The Morgan fingerprint density at radius 1 is 1.16 bits per heavy atom. The van der Waals surface area contributed by atoms with Crippen LogP contribution in [0.3, 0.4) is 0 Å². The third-order valence-corrected chi connectivity index (χ3v) is 3.82. The molecule has 2 heterocycles. The van der Waals surface area contributed by atoms with E-state index < -0.39 is 23.1 Å². The van der Waals surface area contributed by atoms with Crippen molar-refractivity contribution in [2.24, 2.45) is 0 Å². The molecular formula is C17H13F4N3O. The molecule has 0 amide bonds. The van der Waals surface area contributed by atoms with E-state index in [2.05, 4.69) is 10.1 Å². The lowest BCUT2D eigenvalue weighted by molar-refractivity contribution is -0.137. The summed E-state index contributed by atoms with van der Waals surface area (Å²) < 4.78 is 52.6. The van der Waals surface area contributed by atoms with E-state index in [1.165, 1.54) is 6.07 Å². The van der Waals surface area contributed by atoms with E-state index in [1.807, 2.05) is 0 Å². The highest BCUT2D eigenvalue weighted by Gasteiger charge is 2.30. The predicted octanol–water partition coefficient (Wildman–Crippen LogP) is 3.62. The van der Waals surface area contributed by atoms with Gasteiger partial charge in [-0.3, -0.25) is 9.89 Å². The minimum absolute atomic E-state index is 0.0286. The molecule has 1 N–H and O–H groups in total. The van der Waals surface area contributed by atoms with Gasteiger partial charge in [-0.05, 0) is 30.7 Å². The molecule has 0 aliphatic heterocycles. The van der Waals surface area contributed by atoms with E-state index in [9.17, 15) is 22.4 Å². The maximum absolute atomic E-state index is 13.8. The lowest BCUT2D eigenvalue weighted by Crippen LogP contribution is -2.19. The van der Waals surface area contributed by atoms with Gasteiger partial charge in [-0.1, -0.05) is 18.2 Å². The number of aryl methyl sites for hydroxylation is 1. The Morgan fingerprint density at radius 3 is 2.48 bits per heavy atom. The van der Waals surface area contributed by atoms with E-state index >= 15 is 0 Å². The van der Waals surface area contributed by atoms with Crippen molar-refractivity contribution in [1.29, 1.82) is 0 Å². The molecule has 130 valence electrons. The van der Waals surface area contributed by atoms with Crippen molar-refractivity contribution >= 4 is 0 Å². The first kappa shape index (κ1) is 16.9. The number of halogens is 4. The van der Waals surface area contributed by atoms with Gasteiger partial charge in [0, 0.05) is 23.9 Å².